The summed E-state index contributed by atoms with van der Waals surface area (Å²) < 4.78 is 9.48. The summed E-state index contributed by atoms with van der Waals surface area (Å²) in [5, 5.41) is 0. The molecule has 0 bridgehead atoms. The molecule has 0 aromatic carbocycles. The van der Waals surface area contributed by atoms with Gasteiger partial charge in [0.05, 0.1) is 0 Å². The second kappa shape index (κ2) is 1.97. The van der Waals surface area contributed by atoms with Crippen LogP contribution in [0, 0.1) is 4.91 Å². The zero-order valence-corrected chi connectivity index (χ0v) is 3.61. The summed E-state index contributed by atoms with van der Waals surface area (Å²) in [5.41, 5.74) is 0. The molecular formula is CH3NO2P+. The van der Waals surface area contributed by atoms with Gasteiger partial charge in [0.1, 0.15) is 0 Å². The fourth-order valence-corrected chi connectivity index (χ4v) is 0. The predicted molar refractivity (Wildman–Crippen MR) is 19.3 cm³/mol. The lowest BCUT2D eigenvalue weighted by molar-refractivity contribution is 0.592. The van der Waals surface area contributed by atoms with Crippen LogP contribution in [0.4, 0.5) is 0 Å². The van der Waals surface area contributed by atoms with Crippen LogP contribution in [0.25, 0.3) is 0 Å². The van der Waals surface area contributed by atoms with Crippen molar-refractivity contribution in [3.05, 3.63) is 4.91 Å². The molecule has 0 saturated heterocycles. The SMILES string of the molecule is C[P+](=O)N=O. The first-order valence-corrected chi connectivity index (χ1v) is 2.67. The van der Waals surface area contributed by atoms with Gasteiger partial charge in [-0.15, -0.1) is 0 Å². The van der Waals surface area contributed by atoms with Crippen LogP contribution in [-0.4, -0.2) is 6.66 Å². The fraction of sp³-hybridized carbons (Fsp3) is 1.00. The van der Waals surface area contributed by atoms with E-state index in [9.17, 15) is 4.57 Å². The second-order valence-corrected chi connectivity index (χ2v) is 1.64. The Kier molecular flexibility index (Phi) is 1.85. The summed E-state index contributed by atoms with van der Waals surface area (Å²) in [6.45, 7) is 1.25. The van der Waals surface area contributed by atoms with Crippen molar-refractivity contribution in [2.75, 3.05) is 6.66 Å². The molecule has 0 aromatic rings. The molecule has 4 heteroatoms. The summed E-state index contributed by atoms with van der Waals surface area (Å²) in [6.07, 6.45) is 0. The highest BCUT2D eigenvalue weighted by Crippen LogP contribution is 2.11. The van der Waals surface area contributed by atoms with E-state index in [1.807, 2.05) is 0 Å². The van der Waals surface area contributed by atoms with Gasteiger partial charge in [0.2, 0.25) is 4.95 Å². The van der Waals surface area contributed by atoms with Crippen LogP contribution in [-0.2, 0) is 4.57 Å². The van der Waals surface area contributed by atoms with Crippen molar-refractivity contribution < 1.29 is 4.57 Å². The third-order valence-electron chi connectivity index (χ3n) is 0.115. The van der Waals surface area contributed by atoms with E-state index in [1.54, 1.807) is 0 Å². The molecule has 0 spiro atoms. The Balaban J connectivity index is 3.20. The molecule has 0 fully saturated rings. The van der Waals surface area contributed by atoms with E-state index in [1.165, 1.54) is 6.66 Å². The quantitative estimate of drug-likeness (QED) is 0.359. The topological polar surface area (TPSA) is 46.5 Å². The summed E-state index contributed by atoms with van der Waals surface area (Å²) in [6, 6.07) is 0. The van der Waals surface area contributed by atoms with Crippen molar-refractivity contribution in [2.45, 2.75) is 0 Å². The standard InChI is InChI=1S/CH3NO2P/c1-5(4)2-3/h1H3/q+1. The van der Waals surface area contributed by atoms with E-state index in [0.29, 0.717) is 0 Å². The van der Waals surface area contributed by atoms with Crippen LogP contribution in [0.2, 0.25) is 0 Å². The maximum absolute atomic E-state index is 9.48. The minimum Gasteiger partial charge on any atom is -0.0974 e. The Bertz CT molecular complexity index is 60.7. The Hall–Kier alpha value is -0.300. The van der Waals surface area contributed by atoms with Crippen molar-refractivity contribution in [1.82, 2.24) is 0 Å². The molecule has 5 heavy (non-hydrogen) atoms. The van der Waals surface area contributed by atoms with E-state index < -0.39 is 7.95 Å². The van der Waals surface area contributed by atoms with Crippen molar-refractivity contribution in [3.8, 4) is 0 Å². The summed E-state index contributed by atoms with van der Waals surface area (Å²) in [5.74, 6) is 0. The van der Waals surface area contributed by atoms with Crippen molar-refractivity contribution >= 4 is 7.95 Å². The van der Waals surface area contributed by atoms with Crippen molar-refractivity contribution in [2.24, 2.45) is 4.95 Å². The Labute approximate surface area is 30.2 Å². The monoisotopic (exact) mass is 92.0 g/mol. The fourth-order valence-electron chi connectivity index (χ4n) is 0. The first kappa shape index (κ1) is 4.70. The second-order valence-electron chi connectivity index (χ2n) is 0.546. The highest BCUT2D eigenvalue weighted by molar-refractivity contribution is 7.41. The molecule has 0 radical (unpaired) electrons. The molecule has 0 aliphatic rings. The smallest absolute Gasteiger partial charge is 0.0974 e. The third-order valence-corrected chi connectivity index (χ3v) is 0.345. The van der Waals surface area contributed by atoms with Crippen molar-refractivity contribution in [1.29, 1.82) is 0 Å². The van der Waals surface area contributed by atoms with Gasteiger partial charge in [-0.3, -0.25) is 0 Å². The van der Waals surface area contributed by atoms with Gasteiger partial charge < -0.3 is 0 Å². The molecule has 3 nitrogen and oxygen atoms in total. The number of nitroso groups, excluding NO2 is 1. The van der Waals surface area contributed by atoms with Gasteiger partial charge in [-0.05, 0) is 4.57 Å². The first-order chi connectivity index (χ1) is 2.27. The average molecular weight is 92.0 g/mol. The van der Waals surface area contributed by atoms with Crippen LogP contribution in [0.3, 0.4) is 0 Å². The Morgan fingerprint density at radius 1 is 1.80 bits per heavy atom. The molecule has 0 aliphatic carbocycles. The van der Waals surface area contributed by atoms with Crippen LogP contribution in [0.15, 0.2) is 4.95 Å². The van der Waals surface area contributed by atoms with Gasteiger partial charge in [-0.2, -0.15) is 0 Å². The molecule has 0 saturated carbocycles. The number of rotatable bonds is 1. The zero-order valence-electron chi connectivity index (χ0n) is 2.71. The Morgan fingerprint density at radius 3 is 2.00 bits per heavy atom. The van der Waals surface area contributed by atoms with E-state index in [4.69, 9.17) is 4.91 Å². The molecule has 0 rings (SSSR count). The lowest BCUT2D eigenvalue weighted by atomic mass is 12.0. The number of hydrogen-bond donors (Lipinski definition) is 0. The average Bonchev–Trinajstić information content (AvgIpc) is 1.38. The first-order valence-electron chi connectivity index (χ1n) is 1.01. The normalized spacial score (nSPS) is 10.2. The van der Waals surface area contributed by atoms with Gasteiger partial charge in [0, 0.05) is 0 Å². The van der Waals surface area contributed by atoms with Crippen LogP contribution < -0.4 is 0 Å². The molecular weight excluding hydrogens is 89.0 g/mol. The largest absolute Gasteiger partial charge is 0.523 e. The molecule has 28 valence electrons. The molecule has 0 heterocycles. The van der Waals surface area contributed by atoms with Crippen LogP contribution in [0.1, 0.15) is 0 Å². The maximum atomic E-state index is 9.48. The highest BCUT2D eigenvalue weighted by atomic mass is 31.1. The maximum Gasteiger partial charge on any atom is 0.523 e. The Morgan fingerprint density at radius 2 is 2.00 bits per heavy atom. The highest BCUT2D eigenvalue weighted by Gasteiger charge is 1.98. The lowest BCUT2D eigenvalue weighted by Gasteiger charge is -1.36. The minimum absolute atomic E-state index is 1.25. The summed E-state index contributed by atoms with van der Waals surface area (Å²) >= 11 is 0. The zero-order chi connectivity index (χ0) is 4.28. The van der Waals surface area contributed by atoms with E-state index >= 15 is 0 Å². The molecule has 0 aromatic heterocycles. The van der Waals surface area contributed by atoms with Gasteiger partial charge in [0.15, 0.2) is 6.66 Å². The predicted octanol–water partition coefficient (Wildman–Crippen LogP) is 1.12. The molecule has 1 unspecified atom stereocenters. The molecule has 0 amide bonds. The van der Waals surface area contributed by atoms with E-state index in [2.05, 4.69) is 4.95 Å². The third kappa shape index (κ3) is 3.70. The number of nitrogens with zero attached hydrogens (tertiary/aromatic N) is 1. The summed E-state index contributed by atoms with van der Waals surface area (Å²) in [7, 11) is -1.78. The van der Waals surface area contributed by atoms with Gasteiger partial charge in [0.25, 0.3) is 0 Å². The molecule has 0 aliphatic heterocycles. The van der Waals surface area contributed by atoms with Crippen LogP contribution in [0.5, 0.6) is 0 Å². The van der Waals surface area contributed by atoms with Crippen LogP contribution >= 0.6 is 7.95 Å². The van der Waals surface area contributed by atoms with Crippen molar-refractivity contribution in [3.63, 3.8) is 0 Å². The lowest BCUT2D eigenvalue weighted by Crippen LogP contribution is -1.32. The summed E-state index contributed by atoms with van der Waals surface area (Å²) in [4.78, 5) is 11.1. The van der Waals surface area contributed by atoms with Gasteiger partial charge >= 0.3 is 7.95 Å². The van der Waals surface area contributed by atoms with Gasteiger partial charge in [-0.25, -0.2) is 0 Å². The molecule has 1 atom stereocenters. The minimum atomic E-state index is -1.78. The van der Waals surface area contributed by atoms with Gasteiger partial charge in [-0.1, -0.05) is 4.91 Å². The van der Waals surface area contributed by atoms with E-state index in [-0.39, 0.29) is 0 Å². The van der Waals surface area contributed by atoms with E-state index in [0.717, 1.165) is 0 Å². The number of hydrogen-bond acceptors (Lipinski definition) is 2. The molecule has 0 N–H and O–H groups in total.